The highest BCUT2D eigenvalue weighted by atomic mass is 16.6. The summed E-state index contributed by atoms with van der Waals surface area (Å²) in [5.74, 6) is -0.613. The van der Waals surface area contributed by atoms with Gasteiger partial charge in [0.1, 0.15) is 11.4 Å². The number of hydrogen-bond donors (Lipinski definition) is 2. The van der Waals surface area contributed by atoms with E-state index in [4.69, 9.17) is 9.84 Å². The van der Waals surface area contributed by atoms with Crippen LogP contribution in [0, 0.1) is 0 Å². The van der Waals surface area contributed by atoms with Gasteiger partial charge in [0.15, 0.2) is 0 Å². The Morgan fingerprint density at radius 1 is 1.40 bits per heavy atom. The third kappa shape index (κ3) is 2.20. The van der Waals surface area contributed by atoms with Gasteiger partial charge in [0.05, 0.1) is 12.1 Å². The molecule has 2 aliphatic rings. The maximum atomic E-state index is 12.0. The number of pyridine rings is 1. The van der Waals surface area contributed by atoms with Gasteiger partial charge in [0.2, 0.25) is 0 Å². The summed E-state index contributed by atoms with van der Waals surface area (Å²) in [6.45, 7) is 2.12. The minimum absolute atomic E-state index is 0.0953. The Morgan fingerprint density at radius 3 is 2.75 bits per heavy atom. The van der Waals surface area contributed by atoms with E-state index in [9.17, 15) is 9.59 Å². The van der Waals surface area contributed by atoms with Crippen LogP contribution in [-0.4, -0.2) is 47.4 Å². The summed E-state index contributed by atoms with van der Waals surface area (Å²) in [5, 5.41) is 12.1. The quantitative estimate of drug-likeness (QED) is 0.833. The molecule has 2 fully saturated rings. The van der Waals surface area contributed by atoms with E-state index in [0.29, 0.717) is 12.4 Å². The zero-order valence-corrected chi connectivity index (χ0v) is 10.8. The number of rotatable bonds is 2. The number of carbonyl (C=O) groups is 2. The third-order valence-electron chi connectivity index (χ3n) is 3.76. The molecule has 0 aromatic carbocycles. The van der Waals surface area contributed by atoms with Gasteiger partial charge in [-0.2, -0.15) is 0 Å². The fourth-order valence-electron chi connectivity index (χ4n) is 2.61. The number of nitrogens with zero attached hydrogens (tertiary/aromatic N) is 2. The van der Waals surface area contributed by atoms with Gasteiger partial charge in [-0.05, 0) is 25.2 Å². The maximum Gasteiger partial charge on any atom is 0.416 e. The van der Waals surface area contributed by atoms with E-state index >= 15 is 0 Å². The SMILES string of the molecule is O=C(O)c1ccc(N2CC3(CCNCC3)OC2=O)nc1. The Hall–Kier alpha value is -2.15. The van der Waals surface area contributed by atoms with E-state index in [1.165, 1.54) is 23.2 Å². The molecular weight excluding hydrogens is 262 g/mol. The molecule has 3 heterocycles. The van der Waals surface area contributed by atoms with Crippen molar-refractivity contribution in [3.05, 3.63) is 23.9 Å². The fourth-order valence-corrected chi connectivity index (χ4v) is 2.61. The van der Waals surface area contributed by atoms with Crippen LogP contribution in [0.5, 0.6) is 0 Å². The number of amides is 1. The molecule has 0 unspecified atom stereocenters. The number of carboxylic acid groups (broad SMARTS) is 1. The van der Waals surface area contributed by atoms with E-state index < -0.39 is 17.7 Å². The number of aromatic nitrogens is 1. The molecule has 0 aliphatic carbocycles. The van der Waals surface area contributed by atoms with Gasteiger partial charge in [-0.3, -0.25) is 4.90 Å². The fraction of sp³-hybridized carbons (Fsp3) is 0.462. The molecular formula is C13H15N3O4. The zero-order valence-electron chi connectivity index (χ0n) is 10.8. The first-order chi connectivity index (χ1) is 9.60. The van der Waals surface area contributed by atoms with Crippen LogP contribution in [0.3, 0.4) is 0 Å². The number of anilines is 1. The molecule has 20 heavy (non-hydrogen) atoms. The van der Waals surface area contributed by atoms with Crippen molar-refractivity contribution < 1.29 is 19.4 Å². The predicted octanol–water partition coefficient (Wildman–Crippen LogP) is 0.859. The number of nitrogens with one attached hydrogen (secondary N) is 1. The normalized spacial score (nSPS) is 21.0. The molecule has 0 saturated carbocycles. The molecule has 106 valence electrons. The number of aromatic carboxylic acids is 1. The molecule has 2 N–H and O–H groups in total. The third-order valence-corrected chi connectivity index (χ3v) is 3.76. The predicted molar refractivity (Wildman–Crippen MR) is 69.9 cm³/mol. The summed E-state index contributed by atoms with van der Waals surface area (Å²) in [5.41, 5.74) is -0.340. The van der Waals surface area contributed by atoms with Crippen molar-refractivity contribution in [3.8, 4) is 0 Å². The molecule has 0 bridgehead atoms. The lowest BCUT2D eigenvalue weighted by Gasteiger charge is -2.31. The molecule has 2 aliphatic heterocycles. The summed E-state index contributed by atoms with van der Waals surface area (Å²) >= 11 is 0. The lowest BCUT2D eigenvalue weighted by atomic mass is 9.92. The van der Waals surface area contributed by atoms with Crippen LogP contribution < -0.4 is 10.2 Å². The number of carbonyl (C=O) groups excluding carboxylic acids is 1. The van der Waals surface area contributed by atoms with E-state index in [1.807, 2.05) is 0 Å². The highest BCUT2D eigenvalue weighted by Crippen LogP contribution is 2.33. The van der Waals surface area contributed by atoms with Gasteiger partial charge >= 0.3 is 12.1 Å². The first-order valence-corrected chi connectivity index (χ1v) is 6.50. The largest absolute Gasteiger partial charge is 0.478 e. The summed E-state index contributed by atoms with van der Waals surface area (Å²) in [4.78, 5) is 28.3. The van der Waals surface area contributed by atoms with Gasteiger partial charge in [0, 0.05) is 19.0 Å². The molecule has 1 spiro atoms. The smallest absolute Gasteiger partial charge is 0.416 e. The van der Waals surface area contributed by atoms with Crippen LogP contribution in [0.1, 0.15) is 23.2 Å². The highest BCUT2D eigenvalue weighted by molar-refractivity contribution is 5.91. The molecule has 7 nitrogen and oxygen atoms in total. The highest BCUT2D eigenvalue weighted by Gasteiger charge is 2.46. The molecule has 0 radical (unpaired) electrons. The summed E-state index contributed by atoms with van der Waals surface area (Å²) < 4.78 is 5.53. The maximum absolute atomic E-state index is 12.0. The monoisotopic (exact) mass is 277 g/mol. The second-order valence-electron chi connectivity index (χ2n) is 5.10. The first kappa shape index (κ1) is 12.9. The first-order valence-electron chi connectivity index (χ1n) is 6.50. The van der Waals surface area contributed by atoms with Gasteiger partial charge in [0.25, 0.3) is 0 Å². The van der Waals surface area contributed by atoms with Crippen molar-refractivity contribution >= 4 is 17.9 Å². The molecule has 3 rings (SSSR count). The number of piperidine rings is 1. The van der Waals surface area contributed by atoms with E-state index in [1.54, 1.807) is 0 Å². The van der Waals surface area contributed by atoms with Crippen LogP contribution in [0.25, 0.3) is 0 Å². The Morgan fingerprint density at radius 2 is 2.15 bits per heavy atom. The number of ether oxygens (including phenoxy) is 1. The zero-order chi connectivity index (χ0) is 14.2. The lowest BCUT2D eigenvalue weighted by molar-refractivity contribution is 0.0316. The van der Waals surface area contributed by atoms with Crippen LogP contribution in [0.2, 0.25) is 0 Å². The van der Waals surface area contributed by atoms with Crippen molar-refractivity contribution in [2.45, 2.75) is 18.4 Å². The average molecular weight is 277 g/mol. The van der Waals surface area contributed by atoms with Crippen molar-refractivity contribution in [1.29, 1.82) is 0 Å². The topological polar surface area (TPSA) is 91.8 Å². The van der Waals surface area contributed by atoms with Gasteiger partial charge < -0.3 is 15.2 Å². The molecule has 1 aromatic heterocycles. The second-order valence-corrected chi connectivity index (χ2v) is 5.10. The summed E-state index contributed by atoms with van der Waals surface area (Å²) in [6.07, 6.45) is 2.39. The van der Waals surface area contributed by atoms with Crippen LogP contribution >= 0.6 is 0 Å². The minimum atomic E-state index is -1.04. The van der Waals surface area contributed by atoms with E-state index in [-0.39, 0.29) is 5.56 Å². The van der Waals surface area contributed by atoms with Crippen molar-refractivity contribution in [3.63, 3.8) is 0 Å². The molecule has 1 aromatic rings. The standard InChI is InChI=1S/C13H15N3O4/c17-11(18)9-1-2-10(15-7-9)16-8-13(20-12(16)19)3-5-14-6-4-13/h1-2,7,14H,3-6,8H2,(H,17,18). The van der Waals surface area contributed by atoms with Gasteiger partial charge in [-0.15, -0.1) is 0 Å². The van der Waals surface area contributed by atoms with Gasteiger partial charge in [-0.25, -0.2) is 14.6 Å². The van der Waals surface area contributed by atoms with Crippen molar-refractivity contribution in [1.82, 2.24) is 10.3 Å². The van der Waals surface area contributed by atoms with Crippen LogP contribution in [-0.2, 0) is 4.74 Å². The molecule has 0 atom stereocenters. The lowest BCUT2D eigenvalue weighted by Crippen LogP contribution is -2.44. The van der Waals surface area contributed by atoms with Crippen LogP contribution in [0.15, 0.2) is 18.3 Å². The Kier molecular flexibility index (Phi) is 3.06. The van der Waals surface area contributed by atoms with Crippen LogP contribution in [0.4, 0.5) is 10.6 Å². The average Bonchev–Trinajstić information content (AvgIpc) is 2.76. The van der Waals surface area contributed by atoms with E-state index in [0.717, 1.165) is 25.9 Å². The Balaban J connectivity index is 1.80. The molecule has 2 saturated heterocycles. The Bertz CT molecular complexity index is 537. The van der Waals surface area contributed by atoms with Crippen molar-refractivity contribution in [2.75, 3.05) is 24.5 Å². The molecule has 1 amide bonds. The minimum Gasteiger partial charge on any atom is -0.478 e. The van der Waals surface area contributed by atoms with Crippen molar-refractivity contribution in [2.24, 2.45) is 0 Å². The Labute approximate surface area is 115 Å². The molecule has 7 heteroatoms. The number of carboxylic acids is 1. The summed E-state index contributed by atoms with van der Waals surface area (Å²) in [7, 11) is 0. The summed E-state index contributed by atoms with van der Waals surface area (Å²) in [6, 6.07) is 2.97. The second kappa shape index (κ2) is 4.75. The van der Waals surface area contributed by atoms with Gasteiger partial charge in [-0.1, -0.05) is 0 Å². The number of hydrogen-bond acceptors (Lipinski definition) is 5. The van der Waals surface area contributed by atoms with E-state index in [2.05, 4.69) is 10.3 Å².